The van der Waals surface area contributed by atoms with Crippen molar-refractivity contribution in [3.63, 3.8) is 0 Å². The number of hydrogen-bond acceptors (Lipinski definition) is 3. The van der Waals surface area contributed by atoms with Crippen LogP contribution in [0.5, 0.6) is 0 Å². The molecule has 0 aliphatic heterocycles. The third-order valence-electron chi connectivity index (χ3n) is 9.65. The Balaban J connectivity index is 1.49. The van der Waals surface area contributed by atoms with Crippen LogP contribution < -0.4 is 0 Å². The number of hydrogen-bond donors (Lipinski definition) is 0. The van der Waals surface area contributed by atoms with Crippen molar-refractivity contribution in [1.82, 2.24) is 15.0 Å². The lowest BCUT2D eigenvalue weighted by Crippen LogP contribution is -2.25. The second-order valence-corrected chi connectivity index (χ2v) is 12.7. The van der Waals surface area contributed by atoms with Gasteiger partial charge in [-0.15, -0.1) is 0 Å². The van der Waals surface area contributed by atoms with Crippen LogP contribution in [0.1, 0.15) is 102 Å². The average Bonchev–Trinajstić information content (AvgIpc) is 3.38. The monoisotopic (exact) mass is 593 g/mol. The van der Waals surface area contributed by atoms with Crippen LogP contribution in [0.3, 0.4) is 0 Å². The minimum atomic E-state index is 0.0257. The Morgan fingerprint density at radius 2 is 0.889 bits per heavy atom. The summed E-state index contributed by atoms with van der Waals surface area (Å²) in [5.41, 5.74) is 8.77. The Morgan fingerprint density at radius 3 is 1.47 bits per heavy atom. The van der Waals surface area contributed by atoms with Crippen molar-refractivity contribution in [3.8, 4) is 45.3 Å². The maximum Gasteiger partial charge on any atom is 0.164 e. The van der Waals surface area contributed by atoms with Crippen LogP contribution in [-0.2, 0) is 5.41 Å². The van der Waals surface area contributed by atoms with Gasteiger partial charge < -0.3 is 0 Å². The molecule has 1 aromatic heterocycles. The quantitative estimate of drug-likeness (QED) is 0.113. The van der Waals surface area contributed by atoms with Crippen molar-refractivity contribution in [1.29, 1.82) is 0 Å². The number of unbranched alkanes of at least 4 members (excludes halogenated alkanes) is 8. The van der Waals surface area contributed by atoms with Crippen LogP contribution in [0.15, 0.2) is 103 Å². The van der Waals surface area contributed by atoms with E-state index in [4.69, 9.17) is 15.0 Å². The predicted molar refractivity (Wildman–Crippen MR) is 189 cm³/mol. The first kappa shape index (κ1) is 30.9. The molecule has 5 aromatic rings. The minimum Gasteiger partial charge on any atom is -0.208 e. The number of nitrogens with zero attached hydrogens (tertiary/aromatic N) is 3. The Hall–Kier alpha value is -4.11. The van der Waals surface area contributed by atoms with Gasteiger partial charge in [-0.25, -0.2) is 15.0 Å². The van der Waals surface area contributed by atoms with Gasteiger partial charge in [0, 0.05) is 22.1 Å². The van der Waals surface area contributed by atoms with Gasteiger partial charge in [0.2, 0.25) is 0 Å². The van der Waals surface area contributed by atoms with Gasteiger partial charge in [-0.1, -0.05) is 181 Å². The van der Waals surface area contributed by atoms with Gasteiger partial charge in [0.05, 0.1) is 0 Å². The van der Waals surface area contributed by atoms with E-state index in [-0.39, 0.29) is 5.41 Å². The molecule has 0 bridgehead atoms. The predicted octanol–water partition coefficient (Wildman–Crippen LogP) is 11.9. The van der Waals surface area contributed by atoms with Crippen LogP contribution >= 0.6 is 0 Å². The maximum atomic E-state index is 5.17. The molecule has 0 spiro atoms. The fourth-order valence-electron chi connectivity index (χ4n) is 7.34. The lowest BCUT2D eigenvalue weighted by molar-refractivity contribution is 0.399. The Kier molecular flexibility index (Phi) is 10.1. The highest BCUT2D eigenvalue weighted by atomic mass is 15.0. The molecule has 3 heteroatoms. The van der Waals surface area contributed by atoms with Gasteiger partial charge in [0.25, 0.3) is 0 Å². The molecule has 1 aliphatic rings. The van der Waals surface area contributed by atoms with Gasteiger partial charge >= 0.3 is 0 Å². The summed E-state index contributed by atoms with van der Waals surface area (Å²) in [5.74, 6) is 2.17. The Bertz CT molecular complexity index is 1600. The molecule has 0 saturated heterocycles. The molecule has 3 nitrogen and oxygen atoms in total. The average molecular weight is 594 g/mol. The van der Waals surface area contributed by atoms with Crippen LogP contribution in [0, 0.1) is 0 Å². The molecule has 0 amide bonds. The number of aromatic nitrogens is 3. The third kappa shape index (κ3) is 6.64. The zero-order chi connectivity index (χ0) is 30.9. The molecule has 0 N–H and O–H groups in total. The molecule has 0 unspecified atom stereocenters. The zero-order valence-corrected chi connectivity index (χ0v) is 27.1. The van der Waals surface area contributed by atoms with E-state index in [1.54, 1.807) is 0 Å². The number of rotatable bonds is 15. The fraction of sp³-hybridized carbons (Fsp3) is 0.357. The SMILES string of the molecule is CCCCCCCC1(CCCCCCC)c2ccccc2-c2c(-c3nc(-c4ccccc4)nc(-c4ccccc4)n3)cccc21. The molecule has 0 atom stereocenters. The highest BCUT2D eigenvalue weighted by Gasteiger charge is 2.43. The molecule has 0 saturated carbocycles. The number of fused-ring (bicyclic) bond motifs is 3. The molecule has 230 valence electrons. The molecular weight excluding hydrogens is 546 g/mol. The van der Waals surface area contributed by atoms with E-state index in [0.29, 0.717) is 11.6 Å². The summed E-state index contributed by atoms with van der Waals surface area (Å²) in [5, 5.41) is 0. The maximum absolute atomic E-state index is 5.17. The summed E-state index contributed by atoms with van der Waals surface area (Å²) < 4.78 is 0. The minimum absolute atomic E-state index is 0.0257. The molecule has 1 aliphatic carbocycles. The zero-order valence-electron chi connectivity index (χ0n) is 27.1. The first-order chi connectivity index (χ1) is 22.2. The smallest absolute Gasteiger partial charge is 0.164 e. The first-order valence-electron chi connectivity index (χ1n) is 17.4. The van der Waals surface area contributed by atoms with E-state index in [9.17, 15) is 0 Å². The van der Waals surface area contributed by atoms with Crippen molar-refractivity contribution in [2.24, 2.45) is 0 Å². The van der Waals surface area contributed by atoms with Crippen LogP contribution in [-0.4, -0.2) is 15.0 Å². The van der Waals surface area contributed by atoms with Crippen molar-refractivity contribution in [2.45, 2.75) is 96.3 Å². The summed E-state index contributed by atoms with van der Waals surface area (Å²) in [7, 11) is 0. The molecule has 0 radical (unpaired) electrons. The van der Waals surface area contributed by atoms with Crippen LogP contribution in [0.4, 0.5) is 0 Å². The van der Waals surface area contributed by atoms with Gasteiger partial charge in [-0.2, -0.15) is 0 Å². The van der Waals surface area contributed by atoms with Crippen molar-refractivity contribution in [2.75, 3.05) is 0 Å². The number of benzene rings is 4. The molecule has 1 heterocycles. The van der Waals surface area contributed by atoms with Gasteiger partial charge in [0.15, 0.2) is 17.5 Å². The largest absolute Gasteiger partial charge is 0.208 e. The highest BCUT2D eigenvalue weighted by molar-refractivity contribution is 5.91. The summed E-state index contributed by atoms with van der Waals surface area (Å²) in [6.07, 6.45) is 15.4. The van der Waals surface area contributed by atoms with Gasteiger partial charge in [-0.3, -0.25) is 0 Å². The normalized spacial score (nSPS) is 13.0. The molecule has 0 fully saturated rings. The lowest BCUT2D eigenvalue weighted by atomic mass is 9.70. The van der Waals surface area contributed by atoms with E-state index in [1.807, 2.05) is 36.4 Å². The summed E-state index contributed by atoms with van der Waals surface area (Å²) in [6, 6.07) is 36.7. The Labute approximate surface area is 270 Å². The molecular formula is C42H47N3. The Morgan fingerprint density at radius 1 is 0.422 bits per heavy atom. The fourth-order valence-corrected chi connectivity index (χ4v) is 7.34. The van der Waals surface area contributed by atoms with Crippen molar-refractivity contribution < 1.29 is 0 Å². The second-order valence-electron chi connectivity index (χ2n) is 12.7. The van der Waals surface area contributed by atoms with Crippen LogP contribution in [0.2, 0.25) is 0 Å². The van der Waals surface area contributed by atoms with Crippen LogP contribution in [0.25, 0.3) is 45.3 Å². The topological polar surface area (TPSA) is 38.7 Å². The standard InChI is InChI=1S/C42H47N3/c1-3-5-7-9-19-30-42(31-20-10-8-6-4-2)36-28-18-17-26-34(36)38-35(27-21-29-37(38)42)41-44-39(32-22-13-11-14-23-32)43-40(45-41)33-24-15-12-16-25-33/h11-18,21-29H,3-10,19-20,30-31H2,1-2H3. The highest BCUT2D eigenvalue weighted by Crippen LogP contribution is 2.56. The van der Waals surface area contributed by atoms with E-state index in [0.717, 1.165) is 22.5 Å². The van der Waals surface area contributed by atoms with Crippen molar-refractivity contribution in [3.05, 3.63) is 114 Å². The third-order valence-corrected chi connectivity index (χ3v) is 9.65. The van der Waals surface area contributed by atoms with Gasteiger partial charge in [0.1, 0.15) is 0 Å². The van der Waals surface area contributed by atoms with Gasteiger partial charge in [-0.05, 0) is 35.1 Å². The van der Waals surface area contributed by atoms with E-state index in [1.165, 1.54) is 99.3 Å². The summed E-state index contributed by atoms with van der Waals surface area (Å²) >= 11 is 0. The second kappa shape index (κ2) is 14.8. The van der Waals surface area contributed by atoms with Crippen molar-refractivity contribution >= 4 is 0 Å². The molecule has 4 aromatic carbocycles. The summed E-state index contributed by atoms with van der Waals surface area (Å²) in [6.45, 7) is 4.60. The lowest BCUT2D eigenvalue weighted by Gasteiger charge is -2.33. The molecule has 45 heavy (non-hydrogen) atoms. The van der Waals surface area contributed by atoms with E-state index in [2.05, 4.69) is 80.6 Å². The first-order valence-corrected chi connectivity index (χ1v) is 17.4. The summed E-state index contributed by atoms with van der Waals surface area (Å²) in [4.78, 5) is 15.3. The van der Waals surface area contributed by atoms with E-state index >= 15 is 0 Å². The molecule has 6 rings (SSSR count). The van der Waals surface area contributed by atoms with E-state index < -0.39 is 0 Å².